The monoisotopic (exact) mass is 282 g/mol. The Bertz CT molecular complexity index is 776. The molecule has 106 valence electrons. The lowest BCUT2D eigenvalue weighted by Gasteiger charge is -2.09. The molecule has 0 aliphatic heterocycles. The molecule has 0 saturated carbocycles. The van der Waals surface area contributed by atoms with Gasteiger partial charge >= 0.3 is 0 Å². The van der Waals surface area contributed by atoms with Gasteiger partial charge in [-0.1, -0.05) is 12.1 Å². The number of benzene rings is 1. The summed E-state index contributed by atoms with van der Waals surface area (Å²) in [4.78, 5) is 21.7. The Morgan fingerprint density at radius 3 is 2.86 bits per heavy atom. The first-order valence-corrected chi connectivity index (χ1v) is 6.37. The zero-order valence-corrected chi connectivity index (χ0v) is 11.7. The van der Waals surface area contributed by atoms with Gasteiger partial charge in [0.2, 0.25) is 5.95 Å². The van der Waals surface area contributed by atoms with Crippen LogP contribution in [0.1, 0.15) is 5.56 Å². The van der Waals surface area contributed by atoms with Crippen LogP contribution in [0, 0.1) is 6.92 Å². The summed E-state index contributed by atoms with van der Waals surface area (Å²) < 4.78 is 0. The molecule has 21 heavy (non-hydrogen) atoms. The van der Waals surface area contributed by atoms with Crippen molar-refractivity contribution >= 4 is 28.5 Å². The largest absolute Gasteiger partial charge is 0.338 e. The van der Waals surface area contributed by atoms with Gasteiger partial charge in [-0.15, -0.1) is 0 Å². The Labute approximate surface area is 121 Å². The van der Waals surface area contributed by atoms with E-state index in [1.54, 1.807) is 6.20 Å². The number of fused-ring (bicyclic) bond motifs is 1. The Kier molecular flexibility index (Phi) is 3.57. The van der Waals surface area contributed by atoms with Crippen molar-refractivity contribution in [1.29, 1.82) is 0 Å². The van der Waals surface area contributed by atoms with Crippen molar-refractivity contribution in [1.82, 2.24) is 19.9 Å². The van der Waals surface area contributed by atoms with Gasteiger partial charge in [-0.25, -0.2) is 25.4 Å². The van der Waals surface area contributed by atoms with Crippen LogP contribution in [0.15, 0.2) is 36.8 Å². The first-order chi connectivity index (χ1) is 10.3. The van der Waals surface area contributed by atoms with E-state index in [0.29, 0.717) is 22.8 Å². The highest BCUT2D eigenvalue weighted by Gasteiger charge is 2.08. The minimum absolute atomic E-state index is 0.354. The number of aryl methyl sites for hydroxylation is 1. The molecule has 0 saturated heterocycles. The minimum Gasteiger partial charge on any atom is -0.338 e. The third-order valence-corrected chi connectivity index (χ3v) is 2.85. The van der Waals surface area contributed by atoms with Crippen LogP contribution in [0.25, 0.3) is 11.0 Å². The van der Waals surface area contributed by atoms with Gasteiger partial charge < -0.3 is 5.32 Å². The Hall–Kier alpha value is -2.80. The Morgan fingerprint density at radius 2 is 2.05 bits per heavy atom. The molecule has 3 aromatic rings. The lowest BCUT2D eigenvalue weighted by atomic mass is 10.2. The highest BCUT2D eigenvalue weighted by Crippen LogP contribution is 2.22. The van der Waals surface area contributed by atoms with E-state index in [-0.39, 0.29) is 0 Å². The van der Waals surface area contributed by atoms with Crippen molar-refractivity contribution in [2.45, 2.75) is 6.92 Å². The van der Waals surface area contributed by atoms with Crippen molar-refractivity contribution in [2.75, 3.05) is 17.9 Å². The second-order valence-electron chi connectivity index (χ2n) is 4.45. The van der Waals surface area contributed by atoms with E-state index in [0.717, 1.165) is 11.3 Å². The smallest absolute Gasteiger partial charge is 0.247 e. The van der Waals surface area contributed by atoms with Crippen LogP contribution < -0.4 is 10.8 Å². The first-order valence-electron chi connectivity index (χ1n) is 6.37. The van der Waals surface area contributed by atoms with Crippen molar-refractivity contribution in [3.63, 3.8) is 0 Å². The fourth-order valence-electron chi connectivity index (χ4n) is 1.95. The van der Waals surface area contributed by atoms with E-state index < -0.39 is 0 Å². The number of nitrogens with one attached hydrogen (secondary N) is 2. The predicted octanol–water partition coefficient (Wildman–Crippen LogP) is 2.45. The standard InChI is InChI=1S/C14H14N6O/c1-9-4-3-5-10(6-9)18-13-12-11(16-8-17-13)7-15-14(19-12)20-21-2/h3-8H,1-2H3,(H,15,19,20)(H,16,17,18). The highest BCUT2D eigenvalue weighted by atomic mass is 16.6. The van der Waals surface area contributed by atoms with Gasteiger partial charge in [0.05, 0.1) is 13.3 Å². The molecule has 0 bridgehead atoms. The molecule has 0 unspecified atom stereocenters. The lowest BCUT2D eigenvalue weighted by molar-refractivity contribution is 0.267. The lowest BCUT2D eigenvalue weighted by Crippen LogP contribution is -2.03. The van der Waals surface area contributed by atoms with Crippen molar-refractivity contribution in [3.8, 4) is 0 Å². The fraction of sp³-hybridized carbons (Fsp3) is 0.143. The second kappa shape index (κ2) is 5.68. The molecule has 0 amide bonds. The summed E-state index contributed by atoms with van der Waals surface area (Å²) in [5.74, 6) is 0.972. The van der Waals surface area contributed by atoms with Crippen molar-refractivity contribution in [3.05, 3.63) is 42.4 Å². The molecule has 0 aliphatic rings. The number of hydrogen-bond donors (Lipinski definition) is 2. The summed E-state index contributed by atoms with van der Waals surface area (Å²) in [6, 6.07) is 8.01. The zero-order valence-electron chi connectivity index (χ0n) is 11.7. The van der Waals surface area contributed by atoms with Gasteiger partial charge in [0, 0.05) is 5.69 Å². The Morgan fingerprint density at radius 1 is 1.14 bits per heavy atom. The summed E-state index contributed by atoms with van der Waals surface area (Å²) in [5.41, 5.74) is 5.97. The summed E-state index contributed by atoms with van der Waals surface area (Å²) in [6.45, 7) is 2.03. The highest BCUT2D eigenvalue weighted by molar-refractivity contribution is 5.87. The quantitative estimate of drug-likeness (QED) is 0.711. The molecule has 2 heterocycles. The molecule has 0 radical (unpaired) electrons. The molecular formula is C14H14N6O. The molecule has 0 fully saturated rings. The second-order valence-corrected chi connectivity index (χ2v) is 4.45. The van der Waals surface area contributed by atoms with E-state index in [1.165, 1.54) is 13.4 Å². The molecule has 3 rings (SSSR count). The van der Waals surface area contributed by atoms with Gasteiger partial charge in [-0.2, -0.15) is 0 Å². The van der Waals surface area contributed by atoms with Gasteiger partial charge in [-0.3, -0.25) is 4.84 Å². The molecule has 1 aromatic carbocycles. The topological polar surface area (TPSA) is 84.8 Å². The van der Waals surface area contributed by atoms with Crippen LogP contribution in [0.5, 0.6) is 0 Å². The fourth-order valence-corrected chi connectivity index (χ4v) is 1.95. The van der Waals surface area contributed by atoms with E-state index in [4.69, 9.17) is 4.84 Å². The molecule has 7 heteroatoms. The summed E-state index contributed by atoms with van der Waals surface area (Å²) in [5, 5.41) is 3.25. The van der Waals surface area contributed by atoms with Crippen LogP contribution in [0.3, 0.4) is 0 Å². The average Bonchev–Trinajstić information content (AvgIpc) is 2.48. The summed E-state index contributed by atoms with van der Waals surface area (Å²) >= 11 is 0. The van der Waals surface area contributed by atoms with Gasteiger partial charge in [-0.05, 0) is 24.6 Å². The molecule has 0 spiro atoms. The normalized spacial score (nSPS) is 10.6. The molecule has 2 N–H and O–H groups in total. The van der Waals surface area contributed by atoms with Gasteiger partial charge in [0.15, 0.2) is 5.82 Å². The van der Waals surface area contributed by atoms with E-state index >= 15 is 0 Å². The molecule has 2 aromatic heterocycles. The van der Waals surface area contributed by atoms with Gasteiger partial charge in [0.25, 0.3) is 0 Å². The maximum atomic E-state index is 4.81. The van der Waals surface area contributed by atoms with Crippen LogP contribution in [-0.4, -0.2) is 27.0 Å². The molecule has 0 atom stereocenters. The molecule has 7 nitrogen and oxygen atoms in total. The van der Waals surface area contributed by atoms with Gasteiger partial charge in [0.1, 0.15) is 17.4 Å². The van der Waals surface area contributed by atoms with Crippen LogP contribution in [0.4, 0.5) is 17.5 Å². The van der Waals surface area contributed by atoms with Crippen molar-refractivity contribution in [2.24, 2.45) is 0 Å². The van der Waals surface area contributed by atoms with Crippen LogP contribution in [-0.2, 0) is 4.84 Å². The minimum atomic E-state index is 0.354. The SMILES string of the molecule is CONc1ncc2ncnc(Nc3cccc(C)c3)c2n1. The van der Waals surface area contributed by atoms with Crippen molar-refractivity contribution < 1.29 is 4.84 Å². The molecular weight excluding hydrogens is 268 g/mol. The first kappa shape index (κ1) is 13.2. The number of aromatic nitrogens is 4. The number of anilines is 3. The zero-order chi connectivity index (χ0) is 14.7. The van der Waals surface area contributed by atoms with Crippen LogP contribution in [0.2, 0.25) is 0 Å². The van der Waals surface area contributed by atoms with E-state index in [1.807, 2.05) is 31.2 Å². The number of rotatable bonds is 4. The third-order valence-electron chi connectivity index (χ3n) is 2.85. The summed E-state index contributed by atoms with van der Waals surface area (Å²) in [7, 11) is 1.50. The maximum absolute atomic E-state index is 4.81. The van der Waals surface area contributed by atoms with Crippen LogP contribution >= 0.6 is 0 Å². The number of nitrogens with zero attached hydrogens (tertiary/aromatic N) is 4. The average molecular weight is 282 g/mol. The molecule has 0 aliphatic carbocycles. The van der Waals surface area contributed by atoms with E-state index in [9.17, 15) is 0 Å². The maximum Gasteiger partial charge on any atom is 0.247 e. The summed E-state index contributed by atoms with van der Waals surface area (Å²) in [6.07, 6.45) is 3.10. The Balaban J connectivity index is 2.02. The van der Waals surface area contributed by atoms with E-state index in [2.05, 4.69) is 30.7 Å². The predicted molar refractivity (Wildman–Crippen MR) is 80.2 cm³/mol. The third kappa shape index (κ3) is 2.87. The number of hydrogen-bond acceptors (Lipinski definition) is 7.